The summed E-state index contributed by atoms with van der Waals surface area (Å²) in [5.41, 5.74) is 2.69. The normalized spacial score (nSPS) is 27.4. The molecule has 1 saturated heterocycles. The van der Waals surface area contributed by atoms with Crippen molar-refractivity contribution < 1.29 is 24.3 Å². The van der Waals surface area contributed by atoms with E-state index in [9.17, 15) is 24.3 Å². The van der Waals surface area contributed by atoms with Crippen molar-refractivity contribution in [3.05, 3.63) is 92.5 Å². The molecule has 0 radical (unpaired) electrons. The van der Waals surface area contributed by atoms with Gasteiger partial charge in [-0.05, 0) is 76.7 Å². The Morgan fingerprint density at radius 3 is 2.44 bits per heavy atom. The number of carbonyl (C=O) groups excluding carboxylic acids is 4. The molecule has 1 fully saturated rings. The summed E-state index contributed by atoms with van der Waals surface area (Å²) in [5.74, 6) is -3.35. The van der Waals surface area contributed by atoms with E-state index in [1.807, 2.05) is 6.08 Å². The maximum Gasteiger partial charge on any atom is 0.238 e. The molecule has 1 aliphatic heterocycles. The molecule has 6 rings (SSSR count). The average molecular weight is 565 g/mol. The first kappa shape index (κ1) is 23.1. The fourth-order valence-electron chi connectivity index (χ4n) is 6.14. The van der Waals surface area contributed by atoms with Gasteiger partial charge in [-0.15, -0.1) is 0 Å². The van der Waals surface area contributed by atoms with Crippen LogP contribution in [0.3, 0.4) is 0 Å². The highest BCUT2D eigenvalue weighted by molar-refractivity contribution is 9.12. The van der Waals surface area contributed by atoms with Crippen molar-refractivity contribution in [3.63, 3.8) is 0 Å². The van der Waals surface area contributed by atoms with E-state index in [1.165, 1.54) is 17.0 Å². The number of aromatic hydroxyl groups is 1. The molecule has 180 valence electrons. The van der Waals surface area contributed by atoms with Crippen molar-refractivity contribution in [2.24, 2.45) is 17.8 Å². The molecule has 0 bridgehead atoms. The van der Waals surface area contributed by atoms with Crippen LogP contribution in [-0.2, 0) is 19.2 Å². The number of nitrogens with zero attached hydrogens (tertiary/aromatic N) is 1. The van der Waals surface area contributed by atoms with Gasteiger partial charge < -0.3 is 5.11 Å². The number of phenolic OH excluding ortho intramolecular Hbond substituents is 1. The molecule has 0 aromatic heterocycles. The number of phenols is 1. The highest BCUT2D eigenvalue weighted by Gasteiger charge is 2.56. The lowest BCUT2D eigenvalue weighted by Crippen LogP contribution is -2.39. The van der Waals surface area contributed by atoms with E-state index < -0.39 is 23.7 Å². The number of anilines is 1. The maximum absolute atomic E-state index is 13.8. The van der Waals surface area contributed by atoms with Gasteiger partial charge in [0.05, 0.1) is 22.0 Å². The van der Waals surface area contributed by atoms with E-state index in [4.69, 9.17) is 11.6 Å². The minimum Gasteiger partial charge on any atom is -0.508 e. The van der Waals surface area contributed by atoms with E-state index in [2.05, 4.69) is 15.9 Å². The van der Waals surface area contributed by atoms with Gasteiger partial charge in [-0.1, -0.05) is 35.4 Å². The molecule has 0 spiro atoms. The summed E-state index contributed by atoms with van der Waals surface area (Å²) in [5, 5.41) is 10.7. The van der Waals surface area contributed by atoms with Crippen molar-refractivity contribution >= 4 is 56.6 Å². The van der Waals surface area contributed by atoms with Crippen molar-refractivity contribution in [3.8, 4) is 5.75 Å². The van der Waals surface area contributed by atoms with Crippen LogP contribution in [0, 0.1) is 17.8 Å². The lowest BCUT2D eigenvalue weighted by molar-refractivity contribution is -0.123. The van der Waals surface area contributed by atoms with E-state index in [0.717, 1.165) is 5.57 Å². The third kappa shape index (κ3) is 3.37. The number of carbonyl (C=O) groups is 4. The van der Waals surface area contributed by atoms with Crippen LogP contribution in [0.4, 0.5) is 5.69 Å². The average Bonchev–Trinajstić information content (AvgIpc) is 3.12. The van der Waals surface area contributed by atoms with Crippen molar-refractivity contribution in [2.75, 3.05) is 4.90 Å². The second-order valence-electron chi connectivity index (χ2n) is 9.48. The molecule has 4 atom stereocenters. The summed E-state index contributed by atoms with van der Waals surface area (Å²) in [7, 11) is 0. The number of amides is 2. The van der Waals surface area contributed by atoms with Crippen LogP contribution in [0.25, 0.3) is 0 Å². The number of benzene rings is 2. The molecule has 2 amide bonds. The number of ketones is 2. The highest BCUT2D eigenvalue weighted by atomic mass is 79.9. The Hall–Kier alpha value is -3.29. The Balaban J connectivity index is 1.48. The summed E-state index contributed by atoms with van der Waals surface area (Å²) in [6.07, 6.45) is 3.78. The Morgan fingerprint density at radius 1 is 0.972 bits per heavy atom. The number of imide groups is 1. The molecule has 6 nitrogen and oxygen atoms in total. The quantitative estimate of drug-likeness (QED) is 0.315. The largest absolute Gasteiger partial charge is 0.508 e. The number of halogens is 2. The lowest BCUT2D eigenvalue weighted by atomic mass is 9.59. The van der Waals surface area contributed by atoms with Crippen molar-refractivity contribution in [2.45, 2.75) is 18.8 Å². The first-order valence-corrected chi connectivity index (χ1v) is 12.7. The molecule has 3 aliphatic carbocycles. The second kappa shape index (κ2) is 8.39. The number of allylic oxidation sites excluding steroid dienone is 6. The van der Waals surface area contributed by atoms with E-state index in [-0.39, 0.29) is 40.0 Å². The first-order chi connectivity index (χ1) is 17.3. The Bertz CT molecular complexity index is 1470. The third-order valence-electron chi connectivity index (χ3n) is 7.62. The van der Waals surface area contributed by atoms with Crippen LogP contribution < -0.4 is 4.90 Å². The lowest BCUT2D eigenvalue weighted by Gasteiger charge is -2.42. The maximum atomic E-state index is 13.8. The summed E-state index contributed by atoms with van der Waals surface area (Å²) in [4.78, 5) is 54.8. The van der Waals surface area contributed by atoms with Crippen LogP contribution in [0.5, 0.6) is 5.75 Å². The SMILES string of the molecule is O=C1C=C(Br)C(=O)C2=C1C(c1cccc(O)c1)C1=CCC3C(=O)N(c4ccc(Cl)cc4)C(=O)C3C1C2. The van der Waals surface area contributed by atoms with E-state index in [0.29, 0.717) is 33.8 Å². The minimum atomic E-state index is -0.658. The summed E-state index contributed by atoms with van der Waals surface area (Å²) in [6, 6.07) is 13.2. The minimum absolute atomic E-state index is 0.0402. The van der Waals surface area contributed by atoms with Gasteiger partial charge in [0.25, 0.3) is 0 Å². The molecule has 2 aromatic rings. The van der Waals surface area contributed by atoms with Crippen LogP contribution in [0.1, 0.15) is 24.3 Å². The van der Waals surface area contributed by atoms with Gasteiger partial charge >= 0.3 is 0 Å². The number of rotatable bonds is 2. The number of fused-ring (bicyclic) bond motifs is 3. The summed E-state index contributed by atoms with van der Waals surface area (Å²) >= 11 is 9.22. The monoisotopic (exact) mass is 563 g/mol. The van der Waals surface area contributed by atoms with Crippen LogP contribution in [0.2, 0.25) is 5.02 Å². The smallest absolute Gasteiger partial charge is 0.238 e. The second-order valence-corrected chi connectivity index (χ2v) is 10.8. The highest BCUT2D eigenvalue weighted by Crippen LogP contribution is 2.55. The standard InChI is InChI=1S/C28H19BrClNO5/c29-21-12-22(33)25-20(26(21)34)11-19-17(23(25)13-2-1-3-16(32)10-13)8-9-18-24(19)28(36)31(27(18)35)15-6-4-14(30)5-7-15/h1-8,10,12,18-19,23-24,32H,9,11H2. The topological polar surface area (TPSA) is 91.8 Å². The zero-order valence-electron chi connectivity index (χ0n) is 18.8. The van der Waals surface area contributed by atoms with Crippen LogP contribution >= 0.6 is 27.5 Å². The molecule has 1 N–H and O–H groups in total. The molecule has 2 aromatic carbocycles. The summed E-state index contributed by atoms with van der Waals surface area (Å²) < 4.78 is 0.178. The molecule has 36 heavy (non-hydrogen) atoms. The van der Waals surface area contributed by atoms with Gasteiger partial charge in [0.2, 0.25) is 11.8 Å². The molecule has 1 heterocycles. The number of hydrogen-bond acceptors (Lipinski definition) is 5. The summed E-state index contributed by atoms with van der Waals surface area (Å²) in [6.45, 7) is 0. The van der Waals surface area contributed by atoms with Gasteiger partial charge in [0.15, 0.2) is 11.6 Å². The van der Waals surface area contributed by atoms with Gasteiger partial charge in [0, 0.05) is 28.2 Å². The predicted octanol–water partition coefficient (Wildman–Crippen LogP) is 5.01. The van der Waals surface area contributed by atoms with Gasteiger partial charge in [-0.25, -0.2) is 0 Å². The van der Waals surface area contributed by atoms with Gasteiger partial charge in [-0.3, -0.25) is 24.1 Å². The van der Waals surface area contributed by atoms with E-state index >= 15 is 0 Å². The Labute approximate surface area is 220 Å². The Morgan fingerprint density at radius 2 is 1.72 bits per heavy atom. The fourth-order valence-corrected chi connectivity index (χ4v) is 6.71. The zero-order valence-corrected chi connectivity index (χ0v) is 21.1. The molecular weight excluding hydrogens is 546 g/mol. The molecule has 0 saturated carbocycles. The van der Waals surface area contributed by atoms with Crippen LogP contribution in [0.15, 0.2) is 81.9 Å². The van der Waals surface area contributed by atoms with E-state index in [1.54, 1.807) is 42.5 Å². The number of Topliss-reactive ketones (excluding diaryl/α,β-unsaturated/α-hetero) is 1. The molecular formula is C28H19BrClNO5. The zero-order chi connectivity index (χ0) is 25.3. The van der Waals surface area contributed by atoms with Crippen molar-refractivity contribution in [1.82, 2.24) is 0 Å². The molecule has 4 unspecified atom stereocenters. The Kier molecular flexibility index (Phi) is 5.39. The van der Waals surface area contributed by atoms with Gasteiger partial charge in [0.1, 0.15) is 5.75 Å². The predicted molar refractivity (Wildman–Crippen MR) is 137 cm³/mol. The number of hydrogen-bond donors (Lipinski definition) is 1. The first-order valence-electron chi connectivity index (χ1n) is 11.6. The van der Waals surface area contributed by atoms with Crippen LogP contribution in [-0.4, -0.2) is 28.5 Å². The third-order valence-corrected chi connectivity index (χ3v) is 8.46. The fraction of sp³-hybridized carbons (Fsp3) is 0.214. The van der Waals surface area contributed by atoms with Gasteiger partial charge in [-0.2, -0.15) is 0 Å². The molecule has 8 heteroatoms. The van der Waals surface area contributed by atoms with Crippen molar-refractivity contribution in [1.29, 1.82) is 0 Å². The molecule has 4 aliphatic rings.